The number of ether oxygens (including phenoxy) is 3. The number of aliphatic imine (C=N–C) groups is 1. The van der Waals surface area contributed by atoms with Crippen LogP contribution in [0.3, 0.4) is 0 Å². The lowest BCUT2D eigenvalue weighted by molar-refractivity contribution is 0.172. The first-order chi connectivity index (χ1) is 13.8. The van der Waals surface area contributed by atoms with Crippen LogP contribution in [-0.4, -0.2) is 39.9 Å². The van der Waals surface area contributed by atoms with Crippen LogP contribution in [0.25, 0.3) is 0 Å². The van der Waals surface area contributed by atoms with Crippen LogP contribution in [0.15, 0.2) is 66.2 Å². The fraction of sp³-hybridized carbons (Fsp3) is 0.318. The van der Waals surface area contributed by atoms with Crippen LogP contribution < -0.4 is 20.1 Å². The summed E-state index contributed by atoms with van der Waals surface area (Å²) in [5.41, 5.74) is 1.94. The molecular formula is C22H30IN3O3. The average Bonchev–Trinajstić information content (AvgIpc) is 2.73. The molecule has 29 heavy (non-hydrogen) atoms. The fourth-order valence-corrected chi connectivity index (χ4v) is 2.49. The van der Waals surface area contributed by atoms with Gasteiger partial charge in [-0.3, -0.25) is 4.99 Å². The molecule has 0 spiro atoms. The van der Waals surface area contributed by atoms with E-state index in [1.54, 1.807) is 20.2 Å². The molecule has 0 unspecified atom stereocenters. The van der Waals surface area contributed by atoms with Crippen LogP contribution in [0.5, 0.6) is 11.5 Å². The average molecular weight is 511 g/mol. The normalized spacial score (nSPS) is 10.6. The van der Waals surface area contributed by atoms with E-state index in [1.807, 2.05) is 48.5 Å². The molecule has 0 aliphatic carbocycles. The SMILES string of the molecule is C=CCOc1ccccc1CNC(=NC)Nc1cccc(OCCCOC)c1.I. The second-order valence-electron chi connectivity index (χ2n) is 5.98. The summed E-state index contributed by atoms with van der Waals surface area (Å²) in [5.74, 6) is 2.30. The third kappa shape index (κ3) is 9.19. The molecule has 0 atom stereocenters. The summed E-state index contributed by atoms with van der Waals surface area (Å²) in [6, 6.07) is 15.7. The number of para-hydroxylation sites is 1. The molecule has 0 saturated carbocycles. The first-order valence-electron chi connectivity index (χ1n) is 9.28. The molecule has 0 radical (unpaired) electrons. The molecule has 2 rings (SSSR count). The largest absolute Gasteiger partial charge is 0.493 e. The van der Waals surface area contributed by atoms with E-state index in [2.05, 4.69) is 22.2 Å². The van der Waals surface area contributed by atoms with E-state index in [0.29, 0.717) is 32.3 Å². The predicted octanol–water partition coefficient (Wildman–Crippen LogP) is 4.47. The van der Waals surface area contributed by atoms with Crippen molar-refractivity contribution in [3.05, 3.63) is 66.7 Å². The second kappa shape index (κ2) is 14.7. The lowest BCUT2D eigenvalue weighted by atomic mass is 10.2. The quantitative estimate of drug-likeness (QED) is 0.153. The zero-order valence-electron chi connectivity index (χ0n) is 17.0. The first-order valence-corrected chi connectivity index (χ1v) is 9.28. The lowest BCUT2D eigenvalue weighted by Crippen LogP contribution is -2.30. The van der Waals surface area contributed by atoms with E-state index in [0.717, 1.165) is 29.2 Å². The number of halogens is 1. The van der Waals surface area contributed by atoms with Crippen molar-refractivity contribution >= 4 is 35.6 Å². The monoisotopic (exact) mass is 511 g/mol. The molecule has 0 bridgehead atoms. The maximum absolute atomic E-state index is 5.74. The van der Waals surface area contributed by atoms with E-state index >= 15 is 0 Å². The molecule has 158 valence electrons. The second-order valence-corrected chi connectivity index (χ2v) is 5.98. The topological polar surface area (TPSA) is 64.1 Å². The lowest BCUT2D eigenvalue weighted by Gasteiger charge is -2.15. The van der Waals surface area contributed by atoms with Crippen LogP contribution in [-0.2, 0) is 11.3 Å². The highest BCUT2D eigenvalue weighted by atomic mass is 127. The van der Waals surface area contributed by atoms with Gasteiger partial charge in [0.25, 0.3) is 0 Å². The molecule has 0 saturated heterocycles. The third-order valence-electron chi connectivity index (χ3n) is 3.86. The Hall–Kier alpha value is -2.26. The molecule has 2 aromatic carbocycles. The van der Waals surface area contributed by atoms with Crippen molar-refractivity contribution in [3.8, 4) is 11.5 Å². The Balaban J connectivity index is 0.00000420. The Morgan fingerprint density at radius 1 is 1.10 bits per heavy atom. The van der Waals surface area contributed by atoms with Gasteiger partial charge < -0.3 is 24.8 Å². The molecule has 0 heterocycles. The Morgan fingerprint density at radius 3 is 2.69 bits per heavy atom. The summed E-state index contributed by atoms with van der Waals surface area (Å²) in [6.45, 7) is 6.05. The van der Waals surface area contributed by atoms with E-state index in [4.69, 9.17) is 14.2 Å². The van der Waals surface area contributed by atoms with E-state index < -0.39 is 0 Å². The summed E-state index contributed by atoms with van der Waals surface area (Å²) >= 11 is 0. The van der Waals surface area contributed by atoms with Crippen molar-refractivity contribution in [3.63, 3.8) is 0 Å². The van der Waals surface area contributed by atoms with E-state index in [-0.39, 0.29) is 24.0 Å². The number of nitrogens with zero attached hydrogens (tertiary/aromatic N) is 1. The highest BCUT2D eigenvalue weighted by Gasteiger charge is 2.05. The van der Waals surface area contributed by atoms with Crippen molar-refractivity contribution in [1.29, 1.82) is 0 Å². The number of hydrogen-bond acceptors (Lipinski definition) is 4. The van der Waals surface area contributed by atoms with Crippen LogP contribution in [0.2, 0.25) is 0 Å². The number of guanidine groups is 1. The fourth-order valence-electron chi connectivity index (χ4n) is 2.49. The first kappa shape index (κ1) is 24.8. The zero-order valence-corrected chi connectivity index (χ0v) is 19.3. The van der Waals surface area contributed by atoms with E-state index in [1.165, 1.54) is 0 Å². The van der Waals surface area contributed by atoms with Gasteiger partial charge in [-0.05, 0) is 18.2 Å². The number of rotatable bonds is 11. The molecule has 0 fully saturated rings. The van der Waals surface area contributed by atoms with Crippen LogP contribution in [0, 0.1) is 0 Å². The van der Waals surface area contributed by atoms with Crippen molar-refractivity contribution in [2.75, 3.05) is 39.3 Å². The van der Waals surface area contributed by atoms with Crippen molar-refractivity contribution < 1.29 is 14.2 Å². The predicted molar refractivity (Wildman–Crippen MR) is 130 cm³/mol. The third-order valence-corrected chi connectivity index (χ3v) is 3.86. The zero-order chi connectivity index (χ0) is 20.0. The molecule has 7 heteroatoms. The smallest absolute Gasteiger partial charge is 0.195 e. The van der Waals surface area contributed by atoms with Gasteiger partial charge in [-0.2, -0.15) is 0 Å². The van der Waals surface area contributed by atoms with Gasteiger partial charge in [-0.25, -0.2) is 0 Å². The maximum atomic E-state index is 5.74. The Labute approximate surface area is 190 Å². The molecule has 0 aromatic heterocycles. The summed E-state index contributed by atoms with van der Waals surface area (Å²) in [7, 11) is 3.42. The van der Waals surface area contributed by atoms with Gasteiger partial charge in [-0.15, -0.1) is 24.0 Å². The highest BCUT2D eigenvalue weighted by molar-refractivity contribution is 14.0. The number of methoxy groups -OCH3 is 1. The summed E-state index contributed by atoms with van der Waals surface area (Å²) in [5, 5.41) is 6.59. The minimum absolute atomic E-state index is 0. The number of anilines is 1. The van der Waals surface area contributed by atoms with Crippen molar-refractivity contribution in [2.45, 2.75) is 13.0 Å². The molecule has 6 nitrogen and oxygen atoms in total. The number of benzene rings is 2. The molecule has 2 N–H and O–H groups in total. The van der Waals surface area contributed by atoms with Gasteiger partial charge in [0.05, 0.1) is 6.61 Å². The summed E-state index contributed by atoms with van der Waals surface area (Å²) in [4.78, 5) is 4.29. The van der Waals surface area contributed by atoms with Crippen LogP contribution in [0.4, 0.5) is 5.69 Å². The molecular weight excluding hydrogens is 481 g/mol. The number of nitrogens with one attached hydrogen (secondary N) is 2. The molecule has 0 aliphatic rings. The maximum Gasteiger partial charge on any atom is 0.195 e. The minimum Gasteiger partial charge on any atom is -0.493 e. The summed E-state index contributed by atoms with van der Waals surface area (Å²) in [6.07, 6.45) is 2.58. The van der Waals surface area contributed by atoms with Gasteiger partial charge in [0, 0.05) is 51.0 Å². The van der Waals surface area contributed by atoms with E-state index in [9.17, 15) is 0 Å². The Kier molecular flexibility index (Phi) is 12.6. The van der Waals surface area contributed by atoms with Crippen LogP contribution in [0.1, 0.15) is 12.0 Å². The van der Waals surface area contributed by atoms with Crippen molar-refractivity contribution in [1.82, 2.24) is 5.32 Å². The molecule has 0 amide bonds. The Morgan fingerprint density at radius 2 is 1.93 bits per heavy atom. The van der Waals surface area contributed by atoms with Crippen molar-refractivity contribution in [2.24, 2.45) is 4.99 Å². The van der Waals surface area contributed by atoms with Gasteiger partial charge >= 0.3 is 0 Å². The van der Waals surface area contributed by atoms with Gasteiger partial charge in [0.1, 0.15) is 18.1 Å². The van der Waals surface area contributed by atoms with Gasteiger partial charge in [0.2, 0.25) is 0 Å². The highest BCUT2D eigenvalue weighted by Crippen LogP contribution is 2.19. The van der Waals surface area contributed by atoms with Gasteiger partial charge in [0.15, 0.2) is 5.96 Å². The summed E-state index contributed by atoms with van der Waals surface area (Å²) < 4.78 is 16.5. The molecule has 2 aromatic rings. The van der Waals surface area contributed by atoms with Crippen LogP contribution >= 0.6 is 24.0 Å². The van der Waals surface area contributed by atoms with Gasteiger partial charge in [-0.1, -0.05) is 36.9 Å². The molecule has 0 aliphatic heterocycles. The Bertz CT molecular complexity index is 768. The minimum atomic E-state index is 0. The number of hydrogen-bond donors (Lipinski definition) is 2. The standard InChI is InChI=1S/C22H29N3O3.HI/c1-4-13-28-21-12-6-5-9-18(21)17-24-22(23-2)25-19-10-7-11-20(16-19)27-15-8-14-26-3;/h4-7,9-12,16H,1,8,13-15,17H2,2-3H3,(H2,23,24,25);1H.